The molecule has 0 bridgehead atoms. The molecule has 1 aromatic rings. The normalized spacial score (nSPS) is 15.0. The van der Waals surface area contributed by atoms with E-state index in [-0.39, 0.29) is 16.9 Å². The molecule has 1 atom stereocenters. The van der Waals surface area contributed by atoms with Gasteiger partial charge in [-0.1, -0.05) is 59.7 Å². The molecule has 0 heterocycles. The van der Waals surface area contributed by atoms with Crippen molar-refractivity contribution in [1.82, 2.24) is 0 Å². The van der Waals surface area contributed by atoms with Crippen molar-refractivity contribution in [3.63, 3.8) is 0 Å². The fourth-order valence-corrected chi connectivity index (χ4v) is 4.35. The van der Waals surface area contributed by atoms with Crippen LogP contribution in [-0.4, -0.2) is 27.6 Å². The van der Waals surface area contributed by atoms with Gasteiger partial charge in [0.05, 0.1) is 12.7 Å². The van der Waals surface area contributed by atoms with E-state index in [1.54, 1.807) is 6.92 Å². The summed E-state index contributed by atoms with van der Waals surface area (Å²) in [7, 11) is -0.802. The Morgan fingerprint density at radius 3 is 2.15 bits per heavy atom. The van der Waals surface area contributed by atoms with Crippen LogP contribution in [-0.2, 0) is 15.3 Å². The van der Waals surface area contributed by atoms with Crippen LogP contribution in [0.2, 0.25) is 0 Å². The Kier molecular flexibility index (Phi) is 5.59. The summed E-state index contributed by atoms with van der Waals surface area (Å²) in [6.07, 6.45) is -0.383. The Morgan fingerprint density at radius 2 is 1.70 bits per heavy atom. The molecule has 1 rings (SSSR count). The van der Waals surface area contributed by atoms with E-state index in [1.165, 1.54) is 16.3 Å². The van der Waals surface area contributed by atoms with E-state index >= 15 is 0 Å². The Bertz CT molecular complexity index is 439. The average molecular weight is 295 g/mol. The van der Waals surface area contributed by atoms with Crippen molar-refractivity contribution in [3.05, 3.63) is 29.3 Å². The Hall–Kier alpha value is -0.643. The molecule has 0 aromatic heterocycles. The third-order valence-corrected chi connectivity index (χ3v) is 4.67. The molecule has 0 aliphatic heterocycles. The van der Waals surface area contributed by atoms with Crippen molar-refractivity contribution in [3.8, 4) is 0 Å². The molecule has 0 radical (unpaired) electrons. The fraction of sp³-hybridized carbons (Fsp3) is 0.647. The summed E-state index contributed by atoms with van der Waals surface area (Å²) in [5.74, 6) is 0. The van der Waals surface area contributed by atoms with Crippen LogP contribution in [0.3, 0.4) is 0 Å². The summed E-state index contributed by atoms with van der Waals surface area (Å²) in [5, 5.41) is 10.7. The summed E-state index contributed by atoms with van der Waals surface area (Å²) in [6.45, 7) is 15.8. The zero-order valence-corrected chi connectivity index (χ0v) is 15.5. The lowest BCUT2D eigenvalue weighted by molar-refractivity contribution is 0.127. The van der Waals surface area contributed by atoms with Gasteiger partial charge in [0.1, 0.15) is 0 Å². The van der Waals surface area contributed by atoms with Crippen LogP contribution in [0.1, 0.15) is 59.6 Å². The number of hydrogen-bond donors (Lipinski definition) is 1. The Morgan fingerprint density at radius 1 is 1.10 bits per heavy atom. The lowest BCUT2D eigenvalue weighted by atomic mass is 9.75. The zero-order chi connectivity index (χ0) is 15.6. The van der Waals surface area contributed by atoms with Gasteiger partial charge in [-0.15, -0.1) is 0 Å². The Balaban J connectivity index is 3.17. The van der Waals surface area contributed by atoms with Gasteiger partial charge in [0, 0.05) is 0 Å². The largest absolute Gasteiger partial charge is 0.416 e. The topological polar surface area (TPSA) is 29.5 Å². The van der Waals surface area contributed by atoms with Gasteiger partial charge >= 0.3 is 0 Å². The fourth-order valence-electron chi connectivity index (χ4n) is 2.57. The molecular formula is C17H30O2Si. The van der Waals surface area contributed by atoms with Gasteiger partial charge in [0.2, 0.25) is 0 Å². The highest BCUT2D eigenvalue weighted by Gasteiger charge is 2.27. The second kappa shape index (κ2) is 6.42. The smallest absolute Gasteiger partial charge is 0.192 e. The van der Waals surface area contributed by atoms with E-state index in [4.69, 9.17) is 4.43 Å². The second-order valence-corrected chi connectivity index (χ2v) is 9.16. The summed E-state index contributed by atoms with van der Waals surface area (Å²) in [4.78, 5) is 0. The predicted octanol–water partition coefficient (Wildman–Crippen LogP) is 2.39. The second-order valence-electron chi connectivity index (χ2n) is 7.70. The van der Waals surface area contributed by atoms with Crippen LogP contribution in [0.4, 0.5) is 0 Å². The summed E-state index contributed by atoms with van der Waals surface area (Å²) in [5.41, 5.74) is 3.10. The molecule has 3 heteroatoms. The van der Waals surface area contributed by atoms with Crippen molar-refractivity contribution in [1.29, 1.82) is 0 Å². The third kappa shape index (κ3) is 4.72. The highest BCUT2D eigenvalue weighted by molar-refractivity contribution is 6.47. The first-order valence-electron chi connectivity index (χ1n) is 7.42. The van der Waals surface area contributed by atoms with Crippen LogP contribution in [0.15, 0.2) is 18.2 Å². The van der Waals surface area contributed by atoms with E-state index in [1.807, 2.05) is 0 Å². The van der Waals surface area contributed by atoms with Crippen LogP contribution >= 0.6 is 0 Å². The molecule has 0 fully saturated rings. The lowest BCUT2D eigenvalue weighted by Gasteiger charge is -2.32. The first-order chi connectivity index (χ1) is 9.03. The minimum absolute atomic E-state index is 0.112. The third-order valence-electron chi connectivity index (χ3n) is 3.33. The minimum atomic E-state index is -0.802. The first kappa shape index (κ1) is 17.4. The minimum Gasteiger partial charge on any atom is -0.416 e. The quantitative estimate of drug-likeness (QED) is 0.864. The van der Waals surface area contributed by atoms with Gasteiger partial charge in [-0.3, -0.25) is 0 Å². The molecule has 0 aliphatic carbocycles. The molecule has 0 saturated heterocycles. The van der Waals surface area contributed by atoms with E-state index in [0.717, 1.165) is 0 Å². The predicted molar refractivity (Wildman–Crippen MR) is 89.7 cm³/mol. The molecule has 0 spiro atoms. The van der Waals surface area contributed by atoms with Crippen LogP contribution in [0.5, 0.6) is 0 Å². The molecule has 1 aromatic carbocycles. The molecule has 20 heavy (non-hydrogen) atoms. The summed E-state index contributed by atoms with van der Waals surface area (Å²) >= 11 is 0. The van der Waals surface area contributed by atoms with Gasteiger partial charge in [-0.05, 0) is 34.1 Å². The highest BCUT2D eigenvalue weighted by Crippen LogP contribution is 2.32. The number of rotatable bonds is 4. The maximum atomic E-state index is 9.34. The SMILES string of the molecule is CC(O)CO[SiH2]c1cccc(C(C)(C)C)c1C(C)(C)C. The number of aliphatic hydroxyl groups excluding tert-OH is 1. The molecule has 0 aliphatic rings. The zero-order valence-electron chi connectivity index (χ0n) is 14.1. The maximum Gasteiger partial charge on any atom is 0.192 e. The van der Waals surface area contributed by atoms with Gasteiger partial charge in [0.25, 0.3) is 0 Å². The van der Waals surface area contributed by atoms with E-state index in [2.05, 4.69) is 59.7 Å². The average Bonchev–Trinajstić information content (AvgIpc) is 2.25. The van der Waals surface area contributed by atoms with Crippen molar-refractivity contribution in [2.75, 3.05) is 6.61 Å². The van der Waals surface area contributed by atoms with Crippen LogP contribution in [0.25, 0.3) is 0 Å². The van der Waals surface area contributed by atoms with E-state index in [0.29, 0.717) is 6.61 Å². The standard InChI is InChI=1S/C17H30O2Si/c1-12(18)11-19-20-14-10-8-9-13(16(2,3)4)15(14)17(5,6)7/h8-10,12,18H,11,20H2,1-7H3. The van der Waals surface area contributed by atoms with Crippen LogP contribution < -0.4 is 5.19 Å². The van der Waals surface area contributed by atoms with Crippen molar-refractivity contribution in [2.45, 2.75) is 65.4 Å². The van der Waals surface area contributed by atoms with E-state index in [9.17, 15) is 5.11 Å². The van der Waals surface area contributed by atoms with Crippen molar-refractivity contribution >= 4 is 14.9 Å². The monoisotopic (exact) mass is 294 g/mol. The molecule has 114 valence electrons. The Labute approximate surface area is 126 Å². The van der Waals surface area contributed by atoms with Crippen molar-refractivity contribution < 1.29 is 9.53 Å². The van der Waals surface area contributed by atoms with Gasteiger partial charge in [-0.2, -0.15) is 0 Å². The van der Waals surface area contributed by atoms with Crippen LogP contribution in [0, 0.1) is 0 Å². The van der Waals surface area contributed by atoms with Gasteiger partial charge < -0.3 is 9.53 Å². The maximum absolute atomic E-state index is 9.34. The molecule has 1 N–H and O–H groups in total. The lowest BCUT2D eigenvalue weighted by Crippen LogP contribution is -2.34. The summed E-state index contributed by atoms with van der Waals surface area (Å²) < 4.78 is 5.77. The molecule has 2 nitrogen and oxygen atoms in total. The van der Waals surface area contributed by atoms with E-state index < -0.39 is 9.76 Å². The molecular weight excluding hydrogens is 264 g/mol. The molecule has 1 unspecified atom stereocenters. The first-order valence-corrected chi connectivity index (χ1v) is 8.70. The summed E-state index contributed by atoms with van der Waals surface area (Å²) in [6, 6.07) is 6.58. The molecule has 0 saturated carbocycles. The molecule has 0 amide bonds. The number of benzene rings is 1. The van der Waals surface area contributed by atoms with Gasteiger partial charge in [-0.25, -0.2) is 0 Å². The van der Waals surface area contributed by atoms with Gasteiger partial charge in [0.15, 0.2) is 9.76 Å². The number of hydrogen-bond acceptors (Lipinski definition) is 2. The highest BCUT2D eigenvalue weighted by atomic mass is 28.2. The number of aliphatic hydroxyl groups is 1. The van der Waals surface area contributed by atoms with Crippen molar-refractivity contribution in [2.24, 2.45) is 0 Å².